The van der Waals surface area contributed by atoms with Gasteiger partial charge in [-0.3, -0.25) is 4.79 Å². The van der Waals surface area contributed by atoms with Gasteiger partial charge < -0.3 is 19.5 Å². The Morgan fingerprint density at radius 1 is 1.42 bits per heavy atom. The first kappa shape index (κ1) is 20.1. The Morgan fingerprint density at radius 3 is 3.03 bits per heavy atom. The van der Waals surface area contributed by atoms with Crippen molar-refractivity contribution < 1.29 is 9.53 Å². The number of likely N-dealkylation sites (tertiary alicyclic amines) is 1. The molecule has 0 unspecified atom stereocenters. The molecule has 0 radical (unpaired) electrons. The monoisotopic (exact) mass is 437 g/mol. The minimum Gasteiger partial charge on any atom is -0.472 e. The Kier molecular flexibility index (Phi) is 5.40. The van der Waals surface area contributed by atoms with Gasteiger partial charge in [0.2, 0.25) is 11.8 Å². The molecule has 162 valence electrons. The van der Waals surface area contributed by atoms with Crippen LogP contribution in [0.25, 0.3) is 10.9 Å². The summed E-state index contributed by atoms with van der Waals surface area (Å²) in [5.41, 5.74) is 1.11. The number of anilines is 2. The first-order chi connectivity index (χ1) is 15.1. The van der Waals surface area contributed by atoms with Crippen LogP contribution in [0.2, 0.25) is 0 Å². The molecule has 1 atom stereocenters. The van der Waals surface area contributed by atoms with Gasteiger partial charge in [0.25, 0.3) is 0 Å². The second-order valence-corrected chi connectivity index (χ2v) is 9.66. The van der Waals surface area contributed by atoms with Crippen LogP contribution >= 0.6 is 11.3 Å². The lowest BCUT2D eigenvalue weighted by atomic mass is 10.1. The van der Waals surface area contributed by atoms with Crippen LogP contribution in [0.15, 0.2) is 37.2 Å². The molecule has 0 spiro atoms. The number of thiazole rings is 1. The maximum atomic E-state index is 12.1. The molecular formula is C23H27N5O2S. The second-order valence-electron chi connectivity index (χ2n) is 8.43. The molecule has 3 aromatic heterocycles. The van der Waals surface area contributed by atoms with Crippen molar-refractivity contribution in [2.75, 3.05) is 18.4 Å². The summed E-state index contributed by atoms with van der Waals surface area (Å²) in [5, 5.41) is 5.17. The molecule has 1 N–H and O–H groups in total. The fourth-order valence-corrected chi connectivity index (χ4v) is 4.76. The molecule has 7 nitrogen and oxygen atoms in total. The molecule has 0 aromatic carbocycles. The van der Waals surface area contributed by atoms with E-state index in [1.54, 1.807) is 16.2 Å². The number of amides is 1. The van der Waals surface area contributed by atoms with Gasteiger partial charge in [0.05, 0.1) is 17.4 Å². The summed E-state index contributed by atoms with van der Waals surface area (Å²) in [6, 6.07) is 4.17. The molecular weight excluding hydrogens is 410 g/mol. The number of hydrogen-bond acceptors (Lipinski definition) is 6. The molecule has 8 heteroatoms. The fraction of sp³-hybridized carbons (Fsp3) is 0.435. The molecule has 1 aliphatic carbocycles. The fourth-order valence-electron chi connectivity index (χ4n) is 4.09. The van der Waals surface area contributed by atoms with Crippen LogP contribution in [0.4, 0.5) is 10.9 Å². The summed E-state index contributed by atoms with van der Waals surface area (Å²) < 4.78 is 8.70. The van der Waals surface area contributed by atoms with E-state index in [0.717, 1.165) is 58.6 Å². The lowest BCUT2D eigenvalue weighted by Crippen LogP contribution is -2.43. The lowest BCUT2D eigenvalue weighted by molar-refractivity contribution is -0.128. The Bertz CT molecular complexity index is 1120. The quantitative estimate of drug-likeness (QED) is 0.551. The number of rotatable bonds is 7. The number of nitrogens with zero attached hydrogens (tertiary/aromatic N) is 4. The first-order valence-corrected chi connectivity index (χ1v) is 11.7. The number of ether oxygens (including phenoxy) is 1. The van der Waals surface area contributed by atoms with Crippen molar-refractivity contribution in [2.24, 2.45) is 5.92 Å². The summed E-state index contributed by atoms with van der Waals surface area (Å²) >= 11 is 1.60. The third-order valence-corrected chi connectivity index (χ3v) is 6.71. The van der Waals surface area contributed by atoms with Crippen LogP contribution in [0.1, 0.15) is 30.6 Å². The summed E-state index contributed by atoms with van der Waals surface area (Å²) in [6.07, 6.45) is 9.67. The Hall–Kier alpha value is -2.87. The van der Waals surface area contributed by atoms with E-state index < -0.39 is 0 Å². The number of nitrogens with one attached hydrogen (secondary N) is 1. The maximum absolute atomic E-state index is 12.1. The highest BCUT2D eigenvalue weighted by atomic mass is 32.1. The summed E-state index contributed by atoms with van der Waals surface area (Å²) in [4.78, 5) is 24.2. The van der Waals surface area contributed by atoms with Gasteiger partial charge in [0.1, 0.15) is 11.9 Å². The molecule has 5 rings (SSSR count). The minimum absolute atomic E-state index is 0.0449. The van der Waals surface area contributed by atoms with Crippen molar-refractivity contribution in [3.05, 3.63) is 42.1 Å². The topological polar surface area (TPSA) is 72.3 Å². The van der Waals surface area contributed by atoms with E-state index in [9.17, 15) is 4.79 Å². The molecule has 1 amide bonds. The molecule has 0 bridgehead atoms. The number of aromatic nitrogens is 3. The third-order valence-electron chi connectivity index (χ3n) is 5.88. The van der Waals surface area contributed by atoms with Crippen LogP contribution in [-0.4, -0.2) is 44.5 Å². The molecule has 3 aromatic rings. The predicted molar refractivity (Wildman–Crippen MR) is 123 cm³/mol. The number of fused-ring (bicyclic) bond motifs is 1. The van der Waals surface area contributed by atoms with Crippen LogP contribution in [0, 0.1) is 12.8 Å². The van der Waals surface area contributed by atoms with Gasteiger partial charge in [-0.25, -0.2) is 4.98 Å². The molecule has 2 fully saturated rings. The Balaban J connectivity index is 1.45. The smallest absolute Gasteiger partial charge is 0.246 e. The zero-order valence-electron chi connectivity index (χ0n) is 17.7. The van der Waals surface area contributed by atoms with Gasteiger partial charge in [-0.2, -0.15) is 4.98 Å². The minimum atomic E-state index is -0.0857. The van der Waals surface area contributed by atoms with Gasteiger partial charge in [-0.1, -0.05) is 6.58 Å². The Labute approximate surface area is 185 Å². The second kappa shape index (κ2) is 8.34. The van der Waals surface area contributed by atoms with Crippen molar-refractivity contribution in [3.8, 4) is 5.88 Å². The van der Waals surface area contributed by atoms with Crippen LogP contribution in [0.3, 0.4) is 0 Å². The van der Waals surface area contributed by atoms with E-state index >= 15 is 0 Å². The molecule has 2 aliphatic rings. The lowest BCUT2D eigenvalue weighted by Gasteiger charge is -2.32. The van der Waals surface area contributed by atoms with E-state index in [0.29, 0.717) is 12.4 Å². The molecule has 4 heterocycles. The van der Waals surface area contributed by atoms with Gasteiger partial charge >= 0.3 is 0 Å². The average Bonchev–Trinajstić information content (AvgIpc) is 3.36. The molecule has 1 aliphatic heterocycles. The number of carbonyl (C=O) groups excluding carboxylic acids is 1. The summed E-state index contributed by atoms with van der Waals surface area (Å²) in [7, 11) is 0. The summed E-state index contributed by atoms with van der Waals surface area (Å²) in [5.74, 6) is 2.06. The highest BCUT2D eigenvalue weighted by Crippen LogP contribution is 2.35. The molecule has 1 saturated carbocycles. The van der Waals surface area contributed by atoms with Crippen LogP contribution in [0.5, 0.6) is 5.88 Å². The molecule has 31 heavy (non-hydrogen) atoms. The van der Waals surface area contributed by atoms with Gasteiger partial charge in [0.15, 0.2) is 5.13 Å². The van der Waals surface area contributed by atoms with Crippen molar-refractivity contribution in [2.45, 2.75) is 45.3 Å². The van der Waals surface area contributed by atoms with E-state index in [-0.39, 0.29) is 12.0 Å². The maximum Gasteiger partial charge on any atom is 0.246 e. The first-order valence-electron chi connectivity index (χ1n) is 10.9. The van der Waals surface area contributed by atoms with Crippen LogP contribution in [-0.2, 0) is 11.3 Å². The average molecular weight is 438 g/mol. The number of pyridine rings is 1. The normalized spacial score (nSPS) is 18.9. The zero-order chi connectivity index (χ0) is 21.4. The third kappa shape index (κ3) is 4.44. The van der Waals surface area contributed by atoms with Crippen LogP contribution < -0.4 is 10.1 Å². The van der Waals surface area contributed by atoms with Crippen molar-refractivity contribution >= 4 is 39.1 Å². The zero-order valence-corrected chi connectivity index (χ0v) is 18.5. The number of hydrogen-bond donors (Lipinski definition) is 1. The largest absolute Gasteiger partial charge is 0.472 e. The van der Waals surface area contributed by atoms with Gasteiger partial charge in [-0.15, -0.1) is 11.3 Å². The highest BCUT2D eigenvalue weighted by Gasteiger charge is 2.26. The van der Waals surface area contributed by atoms with Crippen molar-refractivity contribution in [1.82, 2.24) is 19.4 Å². The van der Waals surface area contributed by atoms with E-state index in [2.05, 4.69) is 39.8 Å². The Morgan fingerprint density at radius 2 is 2.29 bits per heavy atom. The van der Waals surface area contributed by atoms with E-state index in [1.807, 2.05) is 13.1 Å². The van der Waals surface area contributed by atoms with Crippen molar-refractivity contribution in [3.63, 3.8) is 0 Å². The van der Waals surface area contributed by atoms with Crippen molar-refractivity contribution in [1.29, 1.82) is 0 Å². The highest BCUT2D eigenvalue weighted by molar-refractivity contribution is 7.15. The predicted octanol–water partition coefficient (Wildman–Crippen LogP) is 4.51. The van der Waals surface area contributed by atoms with Gasteiger partial charge in [-0.05, 0) is 50.7 Å². The number of piperidine rings is 1. The standard InChI is InChI=1S/C23H27N5O2S/c1-3-21(29)28-9-4-5-17(14-28)30-22-18-8-10-27(13-16-6-7-16)19(18)11-20(25-22)26-23-24-12-15(2)31-23/h3,8,10-12,16-17H,1,4-7,9,13-14H2,2H3,(H,24,25,26)/t17-/m0/s1. The van der Waals surface area contributed by atoms with E-state index in [1.165, 1.54) is 18.9 Å². The van der Waals surface area contributed by atoms with E-state index in [4.69, 9.17) is 9.72 Å². The SMILES string of the molecule is C=CC(=O)N1CCC[C@H](Oc2nc(Nc3ncc(C)s3)cc3c2ccn3CC2CC2)C1. The molecule has 1 saturated heterocycles. The summed E-state index contributed by atoms with van der Waals surface area (Å²) in [6.45, 7) is 7.97. The number of aryl methyl sites for hydroxylation is 1. The van der Waals surface area contributed by atoms with Gasteiger partial charge in [0, 0.05) is 36.4 Å². The number of carbonyl (C=O) groups is 1.